The minimum Gasteiger partial charge on any atom is -0.249 e. The first kappa shape index (κ1) is 10.4. The molecule has 0 radical (unpaired) electrons. The van der Waals surface area contributed by atoms with Gasteiger partial charge in [-0.15, -0.1) is 5.73 Å². The largest absolute Gasteiger partial charge is 0.249 e. The molecule has 0 heterocycles. The Labute approximate surface area is 93.0 Å². The van der Waals surface area contributed by atoms with E-state index in [0.717, 1.165) is 17.7 Å². The van der Waals surface area contributed by atoms with Gasteiger partial charge >= 0.3 is 0 Å². The maximum atomic E-state index is 11.8. The molecule has 78 valence electrons. The van der Waals surface area contributed by atoms with Crippen LogP contribution in [-0.2, 0) is 10.8 Å². The lowest BCUT2D eigenvalue weighted by molar-refractivity contribution is 0.688. The molecule has 1 aliphatic rings. The van der Waals surface area contributed by atoms with E-state index in [9.17, 15) is 4.21 Å². The molecule has 0 aliphatic heterocycles. The van der Waals surface area contributed by atoms with Crippen LogP contribution in [0.3, 0.4) is 0 Å². The summed E-state index contributed by atoms with van der Waals surface area (Å²) < 4.78 is 11.8. The lowest BCUT2D eigenvalue weighted by atomic mass is 10.2. The molecule has 0 spiro atoms. The average Bonchev–Trinajstić information content (AvgIpc) is 2.80. The summed E-state index contributed by atoms with van der Waals surface area (Å²) in [4.78, 5) is 0.851. The third kappa shape index (κ3) is 2.92. The monoisotopic (exact) mass is 218 g/mol. The van der Waals surface area contributed by atoms with E-state index in [1.807, 2.05) is 30.3 Å². The summed E-state index contributed by atoms with van der Waals surface area (Å²) in [6.07, 6.45) is 4.77. The van der Waals surface area contributed by atoms with E-state index >= 15 is 0 Å². The highest BCUT2D eigenvalue weighted by Gasteiger charge is 2.05. The van der Waals surface area contributed by atoms with Crippen molar-refractivity contribution in [2.45, 2.75) is 30.6 Å². The molecule has 0 saturated heterocycles. The van der Waals surface area contributed by atoms with Crippen molar-refractivity contribution in [3.63, 3.8) is 0 Å². The van der Waals surface area contributed by atoms with E-state index in [2.05, 4.69) is 5.73 Å². The van der Waals surface area contributed by atoms with Crippen LogP contribution in [0.15, 0.2) is 51.9 Å². The van der Waals surface area contributed by atoms with Crippen LogP contribution in [0, 0.1) is 0 Å². The van der Waals surface area contributed by atoms with E-state index in [0.29, 0.717) is 0 Å². The van der Waals surface area contributed by atoms with Crippen molar-refractivity contribution >= 4 is 10.8 Å². The van der Waals surface area contributed by atoms with Gasteiger partial charge < -0.3 is 0 Å². The quantitative estimate of drug-likeness (QED) is 0.695. The molecule has 1 fully saturated rings. The standard InChI is InChI=1S/C13H14OS/c14-15(13-8-2-1-3-9-13)11-10-12-6-4-5-7-12/h1-3,8-9,11H,4-7H2. The predicted molar refractivity (Wildman–Crippen MR) is 62.9 cm³/mol. The van der Waals surface area contributed by atoms with Crippen LogP contribution in [0.2, 0.25) is 0 Å². The molecule has 2 rings (SSSR count). The first-order valence-electron chi connectivity index (χ1n) is 5.26. The van der Waals surface area contributed by atoms with Crippen molar-refractivity contribution in [1.82, 2.24) is 0 Å². The molecule has 0 amide bonds. The van der Waals surface area contributed by atoms with Gasteiger partial charge in [0.1, 0.15) is 0 Å². The Balaban J connectivity index is 2.13. The van der Waals surface area contributed by atoms with Crippen LogP contribution >= 0.6 is 0 Å². The highest BCUT2D eigenvalue weighted by molar-refractivity contribution is 7.88. The second-order valence-electron chi connectivity index (χ2n) is 3.68. The maximum Gasteiger partial charge on any atom is 0.0854 e. The van der Waals surface area contributed by atoms with Crippen LogP contribution < -0.4 is 0 Å². The number of hydrogen-bond acceptors (Lipinski definition) is 1. The summed E-state index contributed by atoms with van der Waals surface area (Å²) in [6.45, 7) is 0. The van der Waals surface area contributed by atoms with Crippen molar-refractivity contribution in [1.29, 1.82) is 0 Å². The van der Waals surface area contributed by atoms with Gasteiger partial charge in [0.2, 0.25) is 0 Å². The van der Waals surface area contributed by atoms with Gasteiger partial charge in [0.05, 0.1) is 10.8 Å². The molecule has 1 nitrogen and oxygen atoms in total. The van der Waals surface area contributed by atoms with Crippen LogP contribution in [0.5, 0.6) is 0 Å². The van der Waals surface area contributed by atoms with Crippen molar-refractivity contribution in [3.8, 4) is 0 Å². The summed E-state index contributed by atoms with van der Waals surface area (Å²) in [6, 6.07) is 9.51. The van der Waals surface area contributed by atoms with Gasteiger partial charge in [-0.1, -0.05) is 18.2 Å². The first-order chi connectivity index (χ1) is 7.36. The third-order valence-electron chi connectivity index (χ3n) is 2.55. The van der Waals surface area contributed by atoms with E-state index in [4.69, 9.17) is 0 Å². The topological polar surface area (TPSA) is 17.1 Å². The molecule has 1 saturated carbocycles. The second kappa shape index (κ2) is 5.11. The van der Waals surface area contributed by atoms with Gasteiger partial charge in [-0.05, 0) is 43.4 Å². The Morgan fingerprint density at radius 2 is 1.80 bits per heavy atom. The smallest absolute Gasteiger partial charge is 0.0854 e. The summed E-state index contributed by atoms with van der Waals surface area (Å²) >= 11 is 0. The minimum absolute atomic E-state index is 0.851. The third-order valence-corrected chi connectivity index (χ3v) is 3.62. The highest BCUT2D eigenvalue weighted by atomic mass is 32.2. The van der Waals surface area contributed by atoms with Crippen LogP contribution in [0.25, 0.3) is 0 Å². The minimum atomic E-state index is -1.04. The van der Waals surface area contributed by atoms with Crippen molar-refractivity contribution in [2.75, 3.05) is 0 Å². The van der Waals surface area contributed by atoms with Crippen molar-refractivity contribution < 1.29 is 4.21 Å². The fraction of sp³-hybridized carbons (Fsp3) is 0.308. The molecule has 1 aromatic rings. The zero-order valence-corrected chi connectivity index (χ0v) is 9.43. The Hall–Kier alpha value is -1.11. The fourth-order valence-electron chi connectivity index (χ4n) is 1.71. The number of rotatable bonds is 2. The van der Waals surface area contributed by atoms with Gasteiger partial charge in [-0.3, -0.25) is 0 Å². The first-order valence-corrected chi connectivity index (χ1v) is 6.48. The van der Waals surface area contributed by atoms with E-state index in [-0.39, 0.29) is 0 Å². The van der Waals surface area contributed by atoms with Crippen molar-refractivity contribution in [3.05, 3.63) is 47.0 Å². The molecular formula is C13H14OS. The molecule has 0 aromatic heterocycles. The molecule has 0 bridgehead atoms. The van der Waals surface area contributed by atoms with Gasteiger partial charge in [0, 0.05) is 10.3 Å². The Morgan fingerprint density at radius 1 is 1.13 bits per heavy atom. The van der Waals surface area contributed by atoms with Crippen LogP contribution in [0.4, 0.5) is 0 Å². The maximum absolute atomic E-state index is 11.8. The van der Waals surface area contributed by atoms with Crippen LogP contribution in [-0.4, -0.2) is 4.21 Å². The van der Waals surface area contributed by atoms with Gasteiger partial charge in [-0.2, -0.15) is 0 Å². The molecule has 1 unspecified atom stereocenters. The van der Waals surface area contributed by atoms with Gasteiger partial charge in [0.25, 0.3) is 0 Å². The average molecular weight is 218 g/mol. The highest BCUT2D eigenvalue weighted by Crippen LogP contribution is 2.22. The van der Waals surface area contributed by atoms with Gasteiger partial charge in [-0.25, -0.2) is 4.21 Å². The molecule has 15 heavy (non-hydrogen) atoms. The molecule has 0 N–H and O–H groups in total. The Morgan fingerprint density at radius 3 is 2.47 bits per heavy atom. The molecule has 1 atom stereocenters. The molecule has 1 aliphatic carbocycles. The molecule has 1 aromatic carbocycles. The van der Waals surface area contributed by atoms with E-state index < -0.39 is 10.8 Å². The lowest BCUT2D eigenvalue weighted by Crippen LogP contribution is -1.84. The number of hydrogen-bond donors (Lipinski definition) is 0. The van der Waals surface area contributed by atoms with E-state index in [1.54, 1.807) is 5.41 Å². The van der Waals surface area contributed by atoms with Gasteiger partial charge in [0.15, 0.2) is 0 Å². The summed E-state index contributed by atoms with van der Waals surface area (Å²) in [7, 11) is -1.04. The molecular weight excluding hydrogens is 204 g/mol. The SMILES string of the molecule is O=S(C=C=C1CCCC1)c1ccccc1. The fourth-order valence-corrected chi connectivity index (χ4v) is 2.54. The summed E-state index contributed by atoms with van der Waals surface area (Å²) in [5, 5.41) is 1.69. The van der Waals surface area contributed by atoms with E-state index in [1.165, 1.54) is 18.4 Å². The zero-order chi connectivity index (χ0) is 10.5. The normalized spacial score (nSPS) is 17.2. The zero-order valence-electron chi connectivity index (χ0n) is 8.61. The Bertz CT molecular complexity index is 405. The Kier molecular flexibility index (Phi) is 3.54. The molecule has 2 heteroatoms. The van der Waals surface area contributed by atoms with Crippen molar-refractivity contribution in [2.24, 2.45) is 0 Å². The summed E-state index contributed by atoms with van der Waals surface area (Å²) in [5.74, 6) is 0. The lowest BCUT2D eigenvalue weighted by Gasteiger charge is -1.93. The number of benzene rings is 1. The predicted octanol–water partition coefficient (Wildman–Crippen LogP) is 3.41. The summed E-state index contributed by atoms with van der Waals surface area (Å²) in [5.41, 5.74) is 4.49. The second-order valence-corrected chi connectivity index (χ2v) is 4.99. The number of allylic oxidation sites excluding steroid dienone is 1. The van der Waals surface area contributed by atoms with Crippen LogP contribution in [0.1, 0.15) is 25.7 Å².